The van der Waals surface area contributed by atoms with E-state index >= 15 is 0 Å². The monoisotopic (exact) mass is 366 g/mol. The summed E-state index contributed by atoms with van der Waals surface area (Å²) >= 11 is 0. The topological polar surface area (TPSA) is 117 Å². The van der Waals surface area contributed by atoms with Gasteiger partial charge < -0.3 is 11.5 Å². The van der Waals surface area contributed by atoms with Crippen molar-refractivity contribution in [2.24, 2.45) is 21.5 Å². The van der Waals surface area contributed by atoms with Crippen molar-refractivity contribution in [2.75, 3.05) is 4.90 Å². The van der Waals surface area contributed by atoms with E-state index in [9.17, 15) is 9.59 Å². The van der Waals surface area contributed by atoms with E-state index in [2.05, 4.69) is 9.98 Å². The molecule has 0 radical (unpaired) electrons. The second-order valence-corrected chi connectivity index (χ2v) is 7.76. The van der Waals surface area contributed by atoms with Gasteiger partial charge in [0.2, 0.25) is 11.9 Å². The van der Waals surface area contributed by atoms with E-state index in [4.69, 9.17) is 11.5 Å². The van der Waals surface area contributed by atoms with Crippen LogP contribution in [0.1, 0.15) is 65.7 Å². The van der Waals surface area contributed by atoms with Crippen LogP contribution in [-0.4, -0.2) is 40.3 Å². The predicted molar refractivity (Wildman–Crippen MR) is 102 cm³/mol. The first-order valence-electron chi connectivity index (χ1n) is 9.52. The van der Waals surface area contributed by atoms with Gasteiger partial charge in [-0.3, -0.25) is 19.4 Å². The molecule has 0 aromatic heterocycles. The average Bonchev–Trinajstić information content (AvgIpc) is 3.43. The number of hydrogen-bond donors (Lipinski definition) is 2. The highest BCUT2D eigenvalue weighted by molar-refractivity contribution is 6.22. The fourth-order valence-electron chi connectivity index (χ4n) is 4.55. The van der Waals surface area contributed by atoms with Crippen LogP contribution >= 0.6 is 0 Å². The Balaban J connectivity index is 1.58. The molecule has 0 atom stereocenters. The van der Waals surface area contributed by atoms with Gasteiger partial charge in [-0.25, -0.2) is 4.99 Å². The number of amides is 2. The van der Waals surface area contributed by atoms with E-state index in [0.717, 1.165) is 50.6 Å². The van der Waals surface area contributed by atoms with Crippen molar-refractivity contribution in [1.82, 2.24) is 4.90 Å². The van der Waals surface area contributed by atoms with Gasteiger partial charge in [0, 0.05) is 11.7 Å². The Hall–Kier alpha value is -2.90. The van der Waals surface area contributed by atoms with E-state index < -0.39 is 5.66 Å². The maximum Gasteiger partial charge on any atom is 0.261 e. The lowest BCUT2D eigenvalue weighted by atomic mass is 9.87. The van der Waals surface area contributed by atoms with Gasteiger partial charge in [0.05, 0.1) is 11.1 Å². The van der Waals surface area contributed by atoms with Crippen molar-refractivity contribution in [3.05, 3.63) is 29.3 Å². The zero-order chi connectivity index (χ0) is 18.8. The van der Waals surface area contributed by atoms with Gasteiger partial charge in [-0.1, -0.05) is 6.42 Å². The number of nitrogens with two attached hydrogens (primary N) is 2. The molecule has 2 heterocycles. The van der Waals surface area contributed by atoms with Gasteiger partial charge in [-0.2, -0.15) is 4.99 Å². The van der Waals surface area contributed by atoms with Crippen LogP contribution in [0.2, 0.25) is 0 Å². The fraction of sp³-hybridized carbons (Fsp3) is 0.474. The molecule has 8 nitrogen and oxygen atoms in total. The molecule has 2 aliphatic heterocycles. The molecule has 1 aromatic rings. The third-order valence-corrected chi connectivity index (χ3v) is 5.92. The van der Waals surface area contributed by atoms with E-state index in [-0.39, 0.29) is 29.8 Å². The Kier molecular flexibility index (Phi) is 3.35. The maximum atomic E-state index is 12.8. The minimum absolute atomic E-state index is 0.0524. The van der Waals surface area contributed by atoms with Gasteiger partial charge >= 0.3 is 0 Å². The summed E-state index contributed by atoms with van der Waals surface area (Å²) in [7, 11) is 0. The van der Waals surface area contributed by atoms with Crippen molar-refractivity contribution >= 4 is 29.4 Å². The van der Waals surface area contributed by atoms with Gasteiger partial charge in [-0.15, -0.1) is 0 Å². The van der Waals surface area contributed by atoms with Gasteiger partial charge in [0.1, 0.15) is 5.66 Å². The summed E-state index contributed by atoms with van der Waals surface area (Å²) in [5, 5.41) is 0. The molecule has 2 fully saturated rings. The van der Waals surface area contributed by atoms with Crippen LogP contribution in [0.3, 0.4) is 0 Å². The highest BCUT2D eigenvalue weighted by atomic mass is 16.2. The summed E-state index contributed by atoms with van der Waals surface area (Å²) in [5.41, 5.74) is 13.2. The number of aliphatic imine (C=N–C) groups is 2. The lowest BCUT2D eigenvalue weighted by molar-refractivity contribution is 0.0642. The molecule has 2 saturated carbocycles. The predicted octanol–water partition coefficient (Wildman–Crippen LogP) is 1.55. The highest BCUT2D eigenvalue weighted by Gasteiger charge is 2.46. The number of imide groups is 1. The maximum absolute atomic E-state index is 12.8. The molecule has 1 spiro atoms. The minimum Gasteiger partial charge on any atom is -0.369 e. The third-order valence-electron chi connectivity index (χ3n) is 5.92. The first-order chi connectivity index (χ1) is 13.0. The Morgan fingerprint density at radius 1 is 1.00 bits per heavy atom. The summed E-state index contributed by atoms with van der Waals surface area (Å²) in [5.74, 6) is 0.0599. The molecule has 5 rings (SSSR count). The zero-order valence-corrected chi connectivity index (χ0v) is 15.0. The molecule has 0 saturated heterocycles. The Morgan fingerprint density at radius 3 is 2.41 bits per heavy atom. The molecule has 2 aliphatic carbocycles. The number of carbonyl (C=O) groups is 2. The number of nitrogens with zero attached hydrogens (tertiary/aromatic N) is 4. The number of guanidine groups is 2. The summed E-state index contributed by atoms with van der Waals surface area (Å²) in [6, 6.07) is 5.36. The molecule has 8 heteroatoms. The van der Waals surface area contributed by atoms with Crippen molar-refractivity contribution < 1.29 is 9.59 Å². The van der Waals surface area contributed by atoms with Gasteiger partial charge in [0.25, 0.3) is 11.8 Å². The zero-order valence-electron chi connectivity index (χ0n) is 15.0. The van der Waals surface area contributed by atoms with E-state index in [1.807, 2.05) is 11.0 Å². The minimum atomic E-state index is -0.565. The van der Waals surface area contributed by atoms with Gasteiger partial charge in [0.15, 0.2) is 0 Å². The lowest BCUT2D eigenvalue weighted by Crippen LogP contribution is -2.58. The summed E-state index contributed by atoms with van der Waals surface area (Å²) in [6.45, 7) is 0. The van der Waals surface area contributed by atoms with Crippen LogP contribution in [0.5, 0.6) is 0 Å². The van der Waals surface area contributed by atoms with Crippen LogP contribution in [0.25, 0.3) is 0 Å². The molecule has 0 unspecified atom stereocenters. The number of fused-ring (bicyclic) bond motifs is 1. The SMILES string of the molecule is NC1=NC2(CCCCC2)N(c2ccc3c(c2)C(=O)N(C2CC2)C3=O)C(N)=N1. The molecule has 4 N–H and O–H groups in total. The van der Waals surface area contributed by atoms with Crippen LogP contribution in [0.4, 0.5) is 5.69 Å². The van der Waals surface area contributed by atoms with Gasteiger partial charge in [-0.05, 0) is 56.7 Å². The molecular formula is C19H22N6O2. The van der Waals surface area contributed by atoms with E-state index in [0.29, 0.717) is 11.1 Å². The second-order valence-electron chi connectivity index (χ2n) is 7.76. The fourth-order valence-corrected chi connectivity index (χ4v) is 4.55. The number of benzene rings is 1. The molecule has 2 amide bonds. The molecule has 1 aromatic carbocycles. The molecule has 4 aliphatic rings. The summed E-state index contributed by atoms with van der Waals surface area (Å²) in [6.07, 6.45) is 6.62. The summed E-state index contributed by atoms with van der Waals surface area (Å²) in [4.78, 5) is 37.5. The van der Waals surface area contributed by atoms with Crippen molar-refractivity contribution in [3.8, 4) is 0 Å². The quantitative estimate of drug-likeness (QED) is 0.770. The third kappa shape index (κ3) is 2.35. The van der Waals surface area contributed by atoms with Crippen molar-refractivity contribution in [3.63, 3.8) is 0 Å². The van der Waals surface area contributed by atoms with Crippen molar-refractivity contribution in [1.29, 1.82) is 0 Å². The Morgan fingerprint density at radius 2 is 1.70 bits per heavy atom. The number of hydrogen-bond acceptors (Lipinski definition) is 7. The first-order valence-corrected chi connectivity index (χ1v) is 9.52. The molecule has 27 heavy (non-hydrogen) atoms. The molecule has 140 valence electrons. The number of rotatable bonds is 2. The van der Waals surface area contributed by atoms with Crippen molar-refractivity contribution in [2.45, 2.75) is 56.7 Å². The first kappa shape index (κ1) is 16.3. The van der Waals surface area contributed by atoms with Crippen LogP contribution in [0.15, 0.2) is 28.2 Å². The van der Waals surface area contributed by atoms with Crippen LogP contribution < -0.4 is 16.4 Å². The Bertz CT molecular complexity index is 911. The lowest BCUT2D eigenvalue weighted by Gasteiger charge is -2.45. The largest absolute Gasteiger partial charge is 0.369 e. The molecular weight excluding hydrogens is 344 g/mol. The number of carbonyl (C=O) groups excluding carboxylic acids is 2. The highest BCUT2D eigenvalue weighted by Crippen LogP contribution is 2.41. The number of anilines is 1. The standard InChI is InChI=1S/C19H22N6O2/c20-17-22-18(21)25(19(23-17)8-2-1-3-9-19)12-6-7-13-14(10-12)16(27)24(15(13)26)11-4-5-11/h6-7,10-11H,1-5,8-9H2,(H4,20,21,22,23). The normalized spacial score (nSPS) is 24.1. The average molecular weight is 366 g/mol. The van der Waals surface area contributed by atoms with E-state index in [1.54, 1.807) is 12.1 Å². The summed E-state index contributed by atoms with van der Waals surface area (Å²) < 4.78 is 0. The second kappa shape index (κ2) is 5.55. The van der Waals surface area contributed by atoms with E-state index in [1.165, 1.54) is 4.90 Å². The van der Waals surface area contributed by atoms with Crippen LogP contribution in [-0.2, 0) is 0 Å². The molecule has 0 bridgehead atoms. The van der Waals surface area contributed by atoms with Crippen LogP contribution in [0, 0.1) is 0 Å². The Labute approximate surface area is 156 Å². The smallest absolute Gasteiger partial charge is 0.261 e.